The van der Waals surface area contributed by atoms with Gasteiger partial charge in [-0.25, -0.2) is 25.8 Å². The molecule has 19 heteroatoms. The summed E-state index contributed by atoms with van der Waals surface area (Å²) < 4.78 is 1.92. The number of ketones is 2. The Morgan fingerprint density at radius 3 is 1.60 bits per heavy atom. The quantitative estimate of drug-likeness (QED) is 0.0136. The number of nitrogens with zero attached hydrogens (tertiary/aromatic N) is 4. The number of rotatable bonds is 32. The van der Waals surface area contributed by atoms with Crippen LogP contribution in [0.2, 0.25) is 0 Å². The molecule has 1 aliphatic carbocycles. The number of aromatic nitrogens is 1. The van der Waals surface area contributed by atoms with Gasteiger partial charge < -0.3 is 10.6 Å². The van der Waals surface area contributed by atoms with Crippen LogP contribution in [-0.2, 0) is 45.2 Å². The van der Waals surface area contributed by atoms with Gasteiger partial charge in [0.1, 0.15) is 11.6 Å². The molecule has 0 aromatic carbocycles. The Morgan fingerprint density at radius 2 is 1.06 bits per heavy atom. The number of aryl methyl sites for hydroxylation is 1. The Balaban J connectivity index is 1.10. The Bertz CT molecular complexity index is 1610. The second-order valence-electron chi connectivity index (χ2n) is 16.8. The highest BCUT2D eigenvalue weighted by molar-refractivity contribution is 6.20. The van der Waals surface area contributed by atoms with E-state index in [0.29, 0.717) is 111 Å². The van der Waals surface area contributed by atoms with Gasteiger partial charge in [-0.15, -0.1) is 0 Å². The third-order valence-electron chi connectivity index (χ3n) is 11.5. The summed E-state index contributed by atoms with van der Waals surface area (Å²) >= 11 is 6.88. The first kappa shape index (κ1) is 53.3. The lowest BCUT2D eigenvalue weighted by atomic mass is 9.92. The van der Waals surface area contributed by atoms with Crippen LogP contribution < -0.4 is 25.8 Å². The number of carbonyl (C=O) groups is 7. The van der Waals surface area contributed by atoms with Crippen molar-refractivity contribution in [1.29, 1.82) is 0 Å². The van der Waals surface area contributed by atoms with Gasteiger partial charge in [0.05, 0.1) is 0 Å². The minimum absolute atomic E-state index is 0.0202. The fourth-order valence-electron chi connectivity index (χ4n) is 7.60. The van der Waals surface area contributed by atoms with Gasteiger partial charge in [-0.2, -0.15) is 4.57 Å². The smallest absolute Gasteiger partial charge is 0.356 e. The molecule has 1 aromatic rings. The minimum atomic E-state index is -0.853. The number of amides is 5. The summed E-state index contributed by atoms with van der Waals surface area (Å²) in [4.78, 5) is 84.4. The molecule has 5 amide bonds. The van der Waals surface area contributed by atoms with E-state index in [2.05, 4.69) is 21.3 Å². The van der Waals surface area contributed by atoms with Crippen molar-refractivity contribution in [2.24, 2.45) is 0 Å². The van der Waals surface area contributed by atoms with Crippen LogP contribution in [0.25, 0.3) is 0 Å². The molecule has 1 saturated heterocycles. The average Bonchev–Trinajstić information content (AvgIpc) is 3.63. The second kappa shape index (κ2) is 29.4. The molecule has 0 radical (unpaired) electrons. The first-order valence-electron chi connectivity index (χ1n) is 22.9. The molecule has 354 valence electrons. The molecule has 2 heterocycles. The Kier molecular flexibility index (Phi) is 24.8. The van der Waals surface area contributed by atoms with Crippen LogP contribution in [0, 0.1) is 0 Å². The van der Waals surface area contributed by atoms with Crippen molar-refractivity contribution in [2.45, 2.75) is 172 Å². The Hall–Kier alpha value is -4.07. The zero-order chi connectivity index (χ0) is 46.0. The predicted molar refractivity (Wildman–Crippen MR) is 232 cm³/mol. The van der Waals surface area contributed by atoms with Crippen LogP contribution in [0.1, 0.15) is 154 Å². The van der Waals surface area contributed by atoms with Crippen molar-refractivity contribution in [3.8, 4) is 0 Å². The number of pyridine rings is 1. The van der Waals surface area contributed by atoms with E-state index in [4.69, 9.17) is 11.6 Å². The lowest BCUT2D eigenvalue weighted by molar-refractivity contribution is -0.750. The van der Waals surface area contributed by atoms with Crippen LogP contribution in [0.4, 0.5) is 0 Å². The molecule has 0 spiro atoms. The van der Waals surface area contributed by atoms with Crippen molar-refractivity contribution in [3.05, 3.63) is 30.1 Å². The topological polar surface area (TPSA) is 242 Å². The zero-order valence-corrected chi connectivity index (χ0v) is 37.9. The highest BCUT2D eigenvalue weighted by atomic mass is 35.5. The van der Waals surface area contributed by atoms with E-state index in [1.807, 2.05) is 29.1 Å². The molecule has 3 rings (SSSR count). The molecule has 1 aliphatic heterocycles. The summed E-state index contributed by atoms with van der Waals surface area (Å²) in [7, 11) is 0. The van der Waals surface area contributed by atoms with Gasteiger partial charge in [-0.3, -0.25) is 49.2 Å². The summed E-state index contributed by atoms with van der Waals surface area (Å²) in [6.45, 7) is 2.51. The van der Waals surface area contributed by atoms with Gasteiger partial charge in [-0.1, -0.05) is 25.7 Å². The number of halogens is 1. The molecule has 2 fully saturated rings. The second-order valence-corrected chi connectivity index (χ2v) is 17.3. The van der Waals surface area contributed by atoms with Gasteiger partial charge in [0.2, 0.25) is 29.5 Å². The standard InChI is InChI=1S/C44H71ClN8O10/c1-34(54)51(61)29-11-3-2-6-14-36(55)20-23-42(59)52(62)30-12-5-10-28-47-41(58)22-24-43(60)53(63)31-13-4-9-27-46-40(57)21-19-37(56)18-17-35-25-32-50(33-26-35)44(45)48-38-15-7-8-16-39(38)49-44/h25-26,32-33,38-39,48-49,61-63H,2-24,27-31H2,1H3,(H-,46,47,57,58)/p+1/t38-,39-/m1/s1. The van der Waals surface area contributed by atoms with E-state index in [9.17, 15) is 49.2 Å². The summed E-state index contributed by atoms with van der Waals surface area (Å²) in [6, 6.07) is 4.65. The molecule has 1 aromatic heterocycles. The average molecular weight is 909 g/mol. The highest BCUT2D eigenvalue weighted by Crippen LogP contribution is 2.28. The molecular formula is C44H72ClN8O10+. The molecule has 1 saturated carbocycles. The third-order valence-corrected chi connectivity index (χ3v) is 11.9. The largest absolute Gasteiger partial charge is 0.362 e. The molecule has 18 nitrogen and oxygen atoms in total. The fraction of sp³-hybridized carbons (Fsp3) is 0.727. The Morgan fingerprint density at radius 1 is 0.619 bits per heavy atom. The number of nitrogens with one attached hydrogen (secondary N) is 4. The minimum Gasteiger partial charge on any atom is -0.356 e. The maximum absolute atomic E-state index is 12.5. The van der Waals surface area contributed by atoms with Gasteiger partial charge in [0.25, 0.3) is 0 Å². The first-order valence-corrected chi connectivity index (χ1v) is 23.3. The lowest BCUT2D eigenvalue weighted by Crippen LogP contribution is -2.64. The number of hydrogen-bond acceptors (Lipinski definition) is 12. The van der Waals surface area contributed by atoms with Crippen LogP contribution in [0.5, 0.6) is 0 Å². The number of alkyl halides is 1. The predicted octanol–water partition coefficient (Wildman–Crippen LogP) is 3.89. The lowest BCUT2D eigenvalue weighted by Gasteiger charge is -2.22. The van der Waals surface area contributed by atoms with Gasteiger partial charge in [-0.05, 0) is 87.8 Å². The summed E-state index contributed by atoms with van der Waals surface area (Å²) in [5, 5.41) is 43.0. The van der Waals surface area contributed by atoms with Crippen molar-refractivity contribution in [3.63, 3.8) is 0 Å². The van der Waals surface area contributed by atoms with Crippen LogP contribution in [0.3, 0.4) is 0 Å². The highest BCUT2D eigenvalue weighted by Gasteiger charge is 2.50. The number of fused-ring (bicyclic) bond motifs is 1. The maximum Gasteiger partial charge on any atom is 0.362 e. The molecule has 7 N–H and O–H groups in total. The first-order chi connectivity index (χ1) is 30.2. The zero-order valence-electron chi connectivity index (χ0n) is 37.1. The normalized spacial score (nSPS) is 16.5. The van der Waals surface area contributed by atoms with Crippen LogP contribution in [0.15, 0.2) is 24.5 Å². The SMILES string of the molecule is CC(=O)N(O)CCCCCCC(=O)CCC(=O)N(O)CCCCCNC(=O)CCC(=O)N(O)CCCCCNC(=O)CCC(=O)CCc1cc[n+](C2(Cl)N[C@@H]3CCCC[C@H]3N2)cc1. The van der Waals surface area contributed by atoms with E-state index in [-0.39, 0.29) is 81.5 Å². The monoisotopic (exact) mass is 908 g/mol. The molecule has 63 heavy (non-hydrogen) atoms. The third kappa shape index (κ3) is 21.4. The van der Waals surface area contributed by atoms with Crippen LogP contribution in [-0.4, -0.2) is 117 Å². The summed E-state index contributed by atoms with van der Waals surface area (Å²) in [5.41, 5.74) is 1.02. The number of carbonyl (C=O) groups excluding carboxylic acids is 7. The molecule has 0 unspecified atom stereocenters. The Labute approximate surface area is 376 Å². The van der Waals surface area contributed by atoms with E-state index in [1.165, 1.54) is 19.8 Å². The fourth-order valence-corrected chi connectivity index (χ4v) is 8.00. The summed E-state index contributed by atoms with van der Waals surface area (Å²) in [6.07, 6.45) is 16.1. The van der Waals surface area contributed by atoms with Crippen molar-refractivity contribution >= 4 is 52.7 Å². The maximum atomic E-state index is 12.5. The number of hydroxylamine groups is 6. The van der Waals surface area contributed by atoms with Gasteiger partial charge in [0, 0.05) is 115 Å². The van der Waals surface area contributed by atoms with Gasteiger partial charge in [0.15, 0.2) is 12.4 Å². The van der Waals surface area contributed by atoms with Crippen molar-refractivity contribution in [1.82, 2.24) is 36.5 Å². The molecule has 2 atom stereocenters. The molecule has 0 bridgehead atoms. The summed E-state index contributed by atoms with van der Waals surface area (Å²) in [5.74, 6) is -2.07. The molecule has 2 aliphatic rings. The van der Waals surface area contributed by atoms with E-state index in [1.54, 1.807) is 0 Å². The van der Waals surface area contributed by atoms with Crippen molar-refractivity contribution in [2.75, 3.05) is 32.7 Å². The van der Waals surface area contributed by atoms with Crippen molar-refractivity contribution < 1.29 is 53.8 Å². The van der Waals surface area contributed by atoms with E-state index >= 15 is 0 Å². The molecular weight excluding hydrogens is 836 g/mol. The van der Waals surface area contributed by atoms with E-state index in [0.717, 1.165) is 31.2 Å². The number of hydrogen-bond donors (Lipinski definition) is 7. The number of unbranched alkanes of at least 4 members (excludes halogenated alkanes) is 7. The van der Waals surface area contributed by atoms with E-state index < -0.39 is 23.0 Å². The van der Waals surface area contributed by atoms with Gasteiger partial charge >= 0.3 is 5.25 Å². The number of Topliss-reactive ketones (excluding diaryl/α,β-unsaturated/α-hetero) is 2. The van der Waals surface area contributed by atoms with Crippen LogP contribution >= 0.6 is 11.6 Å².